The fourth-order valence-electron chi connectivity index (χ4n) is 2.64. The summed E-state index contributed by atoms with van der Waals surface area (Å²) in [4.78, 5) is 0.0973. The molecule has 2 atom stereocenters. The number of benzene rings is 1. The van der Waals surface area contributed by atoms with Crippen LogP contribution in [0.4, 0.5) is 4.39 Å². The van der Waals surface area contributed by atoms with Gasteiger partial charge in [-0.3, -0.25) is 0 Å². The molecule has 1 heterocycles. The van der Waals surface area contributed by atoms with Gasteiger partial charge in [-0.25, -0.2) is 17.5 Å². The molecule has 1 saturated carbocycles. The van der Waals surface area contributed by atoms with Crippen molar-refractivity contribution in [3.63, 3.8) is 0 Å². The number of hydrogen-bond acceptors (Lipinski definition) is 4. The quantitative estimate of drug-likeness (QED) is 0.557. The molecule has 2 aliphatic rings. The predicted molar refractivity (Wildman–Crippen MR) is 87.3 cm³/mol. The van der Waals surface area contributed by atoms with Crippen molar-refractivity contribution in [2.75, 3.05) is 19.8 Å². The van der Waals surface area contributed by atoms with Crippen LogP contribution in [0.1, 0.15) is 25.7 Å². The molecule has 0 radical (unpaired) electrons. The minimum Gasteiger partial charge on any atom is -0.486 e. The fraction of sp³-hybridized carbons (Fsp3) is 0.600. The Morgan fingerprint density at radius 1 is 1.30 bits per heavy atom. The van der Waals surface area contributed by atoms with E-state index in [9.17, 15) is 12.8 Å². The van der Waals surface area contributed by atoms with Crippen LogP contribution < -0.4 is 14.2 Å². The van der Waals surface area contributed by atoms with E-state index < -0.39 is 14.6 Å². The van der Waals surface area contributed by atoms with E-state index in [2.05, 4.69) is 20.7 Å². The van der Waals surface area contributed by atoms with Gasteiger partial charge in [-0.15, -0.1) is 0 Å². The van der Waals surface area contributed by atoms with Crippen molar-refractivity contribution in [1.29, 1.82) is 0 Å². The number of ether oxygens (including phenoxy) is 2. The number of halogens is 2. The van der Waals surface area contributed by atoms with Gasteiger partial charge in [0.1, 0.15) is 18.1 Å². The number of unbranched alkanes of at least 4 members (excludes halogenated alkanes) is 1. The minimum atomic E-state index is -3.65. The number of sulfonamides is 1. The molecule has 0 aromatic heterocycles. The molecule has 1 aliphatic heterocycles. The maximum absolute atomic E-state index is 13.3. The lowest BCUT2D eigenvalue weighted by Gasteiger charge is -2.20. The molecule has 1 N–H and O–H groups in total. The Morgan fingerprint density at radius 2 is 2.04 bits per heavy atom. The van der Waals surface area contributed by atoms with Gasteiger partial charge < -0.3 is 9.47 Å². The summed E-state index contributed by atoms with van der Waals surface area (Å²) in [6, 6.07) is 4.82. The Labute approximate surface area is 143 Å². The van der Waals surface area contributed by atoms with Crippen molar-refractivity contribution in [2.24, 2.45) is 5.92 Å². The standard InChI is InChI=1S/C15H19BrFNO4S/c16-15(17)10-11(15)4-1-2-7-18-23(19,20)13-6-3-5-12-14(13)22-9-8-21-12/h3,5-6,11,18H,1-2,4,7-10H2. The van der Waals surface area contributed by atoms with E-state index in [1.54, 1.807) is 12.1 Å². The molecule has 1 fully saturated rings. The van der Waals surface area contributed by atoms with Gasteiger partial charge >= 0.3 is 0 Å². The number of hydrogen-bond donors (Lipinski definition) is 1. The van der Waals surface area contributed by atoms with Crippen LogP contribution in [0.25, 0.3) is 0 Å². The number of para-hydroxylation sites is 1. The Bertz CT molecular complexity index is 680. The number of alkyl halides is 2. The first kappa shape index (κ1) is 17.0. The summed E-state index contributed by atoms with van der Waals surface area (Å²) in [5.41, 5.74) is 0. The van der Waals surface area contributed by atoms with Crippen molar-refractivity contribution < 1.29 is 22.3 Å². The SMILES string of the molecule is O=S(=O)(NCCCCC1CC1(F)Br)c1cccc2c1OCCO2. The summed E-state index contributed by atoms with van der Waals surface area (Å²) in [5.74, 6) is 0.779. The topological polar surface area (TPSA) is 64.6 Å². The summed E-state index contributed by atoms with van der Waals surface area (Å²) in [6.07, 6.45) is 2.77. The third kappa shape index (κ3) is 3.97. The zero-order valence-electron chi connectivity index (χ0n) is 12.6. The molecule has 2 unspecified atom stereocenters. The molecule has 5 nitrogen and oxygen atoms in total. The zero-order chi connectivity index (χ0) is 16.5. The average Bonchev–Trinajstić information content (AvgIpc) is 3.13. The Balaban J connectivity index is 1.53. The van der Waals surface area contributed by atoms with Crippen LogP contribution in [0.3, 0.4) is 0 Å². The molecular weight excluding hydrogens is 389 g/mol. The predicted octanol–water partition coefficient (Wildman–Crippen LogP) is 2.99. The lowest BCUT2D eigenvalue weighted by atomic mass is 10.2. The molecule has 8 heteroatoms. The van der Waals surface area contributed by atoms with E-state index >= 15 is 0 Å². The number of rotatable bonds is 7. The molecule has 0 bridgehead atoms. The molecular formula is C15H19BrFNO4S. The Hall–Kier alpha value is -0.860. The lowest BCUT2D eigenvalue weighted by Crippen LogP contribution is -2.26. The van der Waals surface area contributed by atoms with E-state index in [1.165, 1.54) is 6.07 Å². The van der Waals surface area contributed by atoms with Gasteiger partial charge in [0.15, 0.2) is 16.1 Å². The molecule has 0 saturated heterocycles. The second kappa shape index (κ2) is 6.57. The summed E-state index contributed by atoms with van der Waals surface area (Å²) in [7, 11) is -3.65. The highest BCUT2D eigenvalue weighted by Gasteiger charge is 2.52. The van der Waals surface area contributed by atoms with Crippen LogP contribution in [0.5, 0.6) is 11.5 Å². The highest BCUT2D eigenvalue weighted by Crippen LogP contribution is 2.54. The lowest BCUT2D eigenvalue weighted by molar-refractivity contribution is 0.167. The van der Waals surface area contributed by atoms with Crippen LogP contribution in [0.2, 0.25) is 0 Å². The van der Waals surface area contributed by atoms with Crippen LogP contribution in [-0.4, -0.2) is 32.8 Å². The van der Waals surface area contributed by atoms with Gasteiger partial charge in [0.25, 0.3) is 0 Å². The molecule has 128 valence electrons. The smallest absolute Gasteiger partial charge is 0.244 e. The molecule has 3 rings (SSSR count). The highest BCUT2D eigenvalue weighted by molar-refractivity contribution is 9.10. The minimum absolute atomic E-state index is 0.0609. The van der Waals surface area contributed by atoms with E-state index in [0.29, 0.717) is 38.3 Å². The van der Waals surface area contributed by atoms with Gasteiger partial charge in [0.05, 0.1) is 0 Å². The largest absolute Gasteiger partial charge is 0.486 e. The molecule has 0 spiro atoms. The molecule has 23 heavy (non-hydrogen) atoms. The summed E-state index contributed by atoms with van der Waals surface area (Å²) in [6.45, 7) is 1.06. The van der Waals surface area contributed by atoms with E-state index in [4.69, 9.17) is 9.47 Å². The second-order valence-corrected chi connectivity index (χ2v) is 8.89. The van der Waals surface area contributed by atoms with E-state index in [1.807, 2.05) is 0 Å². The summed E-state index contributed by atoms with van der Waals surface area (Å²) < 4.78 is 50.3. The third-order valence-corrected chi connectivity index (χ3v) is 6.50. The second-order valence-electron chi connectivity index (χ2n) is 5.84. The maximum Gasteiger partial charge on any atom is 0.244 e. The van der Waals surface area contributed by atoms with Gasteiger partial charge in [0, 0.05) is 12.5 Å². The first-order valence-corrected chi connectivity index (χ1v) is 9.94. The Kier molecular flexibility index (Phi) is 4.85. The monoisotopic (exact) mass is 407 g/mol. The third-order valence-electron chi connectivity index (χ3n) is 4.05. The Morgan fingerprint density at radius 3 is 2.78 bits per heavy atom. The van der Waals surface area contributed by atoms with Crippen molar-refractivity contribution in [3.8, 4) is 11.5 Å². The fourth-order valence-corrected chi connectivity index (χ4v) is 4.49. The van der Waals surface area contributed by atoms with Crippen molar-refractivity contribution in [3.05, 3.63) is 18.2 Å². The van der Waals surface area contributed by atoms with Gasteiger partial charge in [0.2, 0.25) is 10.0 Å². The number of fused-ring (bicyclic) bond motifs is 1. The highest BCUT2D eigenvalue weighted by atomic mass is 79.9. The van der Waals surface area contributed by atoms with Crippen LogP contribution in [-0.2, 0) is 10.0 Å². The molecule has 1 aromatic carbocycles. The summed E-state index contributed by atoms with van der Waals surface area (Å²) >= 11 is 3.02. The molecule has 1 aliphatic carbocycles. The first-order valence-electron chi connectivity index (χ1n) is 7.66. The van der Waals surface area contributed by atoms with Gasteiger partial charge in [-0.1, -0.05) is 12.5 Å². The van der Waals surface area contributed by atoms with Crippen LogP contribution in [0.15, 0.2) is 23.1 Å². The van der Waals surface area contributed by atoms with Crippen LogP contribution >= 0.6 is 15.9 Å². The summed E-state index contributed by atoms with van der Waals surface area (Å²) in [5, 5.41) is 0. The average molecular weight is 408 g/mol. The maximum atomic E-state index is 13.3. The number of nitrogens with one attached hydrogen (secondary N) is 1. The van der Waals surface area contributed by atoms with E-state index in [-0.39, 0.29) is 16.6 Å². The van der Waals surface area contributed by atoms with Crippen molar-refractivity contribution in [1.82, 2.24) is 4.72 Å². The van der Waals surface area contributed by atoms with Crippen molar-refractivity contribution in [2.45, 2.75) is 35.2 Å². The van der Waals surface area contributed by atoms with Gasteiger partial charge in [-0.2, -0.15) is 0 Å². The molecule has 0 amide bonds. The normalized spacial score (nSPS) is 26.1. The van der Waals surface area contributed by atoms with Gasteiger partial charge in [-0.05, 0) is 47.3 Å². The van der Waals surface area contributed by atoms with Crippen LogP contribution in [0, 0.1) is 5.92 Å². The van der Waals surface area contributed by atoms with Crippen molar-refractivity contribution >= 4 is 26.0 Å². The zero-order valence-corrected chi connectivity index (χ0v) is 15.0. The molecule has 1 aromatic rings. The van der Waals surface area contributed by atoms with E-state index in [0.717, 1.165) is 12.8 Å². The first-order chi connectivity index (χ1) is 10.9.